The summed E-state index contributed by atoms with van der Waals surface area (Å²) in [6, 6.07) is 7.72. The van der Waals surface area contributed by atoms with Crippen LogP contribution in [0.4, 0.5) is 8.78 Å². The predicted octanol–water partition coefficient (Wildman–Crippen LogP) is 4.84. The van der Waals surface area contributed by atoms with Crippen LogP contribution in [-0.2, 0) is 0 Å². The summed E-state index contributed by atoms with van der Waals surface area (Å²) >= 11 is 0. The van der Waals surface area contributed by atoms with E-state index in [1.165, 1.54) is 18.2 Å². The fourth-order valence-corrected chi connectivity index (χ4v) is 2.85. The van der Waals surface area contributed by atoms with Gasteiger partial charge in [0.25, 0.3) is 0 Å². The second-order valence-electron chi connectivity index (χ2n) is 6.03. The van der Waals surface area contributed by atoms with Gasteiger partial charge in [0.05, 0.1) is 5.56 Å². The van der Waals surface area contributed by atoms with E-state index in [-0.39, 0.29) is 11.6 Å². The zero-order valence-electron chi connectivity index (χ0n) is 11.6. The summed E-state index contributed by atoms with van der Waals surface area (Å²) in [5.41, 5.74) is 7.09. The van der Waals surface area contributed by atoms with E-state index in [0.29, 0.717) is 5.56 Å². The van der Waals surface area contributed by atoms with Crippen molar-refractivity contribution >= 4 is 8.07 Å². The van der Waals surface area contributed by atoms with Crippen molar-refractivity contribution < 1.29 is 8.78 Å². The van der Waals surface area contributed by atoms with Gasteiger partial charge in [-0.15, -0.1) is 5.54 Å². The molecule has 2 aromatic carbocycles. The third-order valence-electron chi connectivity index (χ3n) is 3.26. The lowest BCUT2D eigenvalue weighted by Gasteiger charge is -2.25. The molecule has 3 rings (SSSR count). The van der Waals surface area contributed by atoms with E-state index >= 15 is 0 Å². The van der Waals surface area contributed by atoms with Gasteiger partial charge in [-0.2, -0.15) is 0 Å². The van der Waals surface area contributed by atoms with Crippen molar-refractivity contribution in [2.45, 2.75) is 19.6 Å². The molecule has 0 aromatic heterocycles. The predicted molar refractivity (Wildman–Crippen MR) is 81.0 cm³/mol. The van der Waals surface area contributed by atoms with Crippen molar-refractivity contribution in [3.05, 3.63) is 47.5 Å². The van der Waals surface area contributed by atoms with Crippen molar-refractivity contribution in [2.24, 2.45) is 0 Å². The molecule has 0 N–H and O–H groups in total. The number of halogens is 2. The first-order chi connectivity index (χ1) is 9.37. The Kier molecular flexibility index (Phi) is 2.81. The fourth-order valence-electron chi connectivity index (χ4n) is 2.35. The summed E-state index contributed by atoms with van der Waals surface area (Å²) in [6.07, 6.45) is 0. The number of benzene rings is 2. The highest BCUT2D eigenvalue weighted by Crippen LogP contribution is 2.49. The molecule has 1 aliphatic carbocycles. The maximum Gasteiger partial charge on any atom is 0.139 e. The van der Waals surface area contributed by atoms with Crippen LogP contribution in [0.3, 0.4) is 0 Å². The molecular formula is C17H14F2Si. The smallest absolute Gasteiger partial charge is 0.139 e. The van der Waals surface area contributed by atoms with E-state index in [4.69, 9.17) is 0 Å². The van der Waals surface area contributed by atoms with Gasteiger partial charge in [-0.25, -0.2) is 8.78 Å². The van der Waals surface area contributed by atoms with Crippen LogP contribution in [0.5, 0.6) is 0 Å². The van der Waals surface area contributed by atoms with Crippen molar-refractivity contribution in [1.29, 1.82) is 0 Å². The molecule has 0 nitrogen and oxygen atoms in total. The molecule has 0 aliphatic heterocycles. The van der Waals surface area contributed by atoms with Gasteiger partial charge < -0.3 is 0 Å². The number of hydrogen-bond acceptors (Lipinski definition) is 0. The lowest BCUT2D eigenvalue weighted by atomic mass is 9.78. The molecular weight excluding hydrogens is 270 g/mol. The van der Waals surface area contributed by atoms with E-state index in [0.717, 1.165) is 22.3 Å². The molecule has 0 bridgehead atoms. The van der Waals surface area contributed by atoms with Crippen molar-refractivity contribution in [3.8, 4) is 33.7 Å². The molecule has 100 valence electrons. The van der Waals surface area contributed by atoms with E-state index in [1.807, 2.05) is 0 Å². The fraction of sp³-hybridized carbons (Fsp3) is 0.176. The molecule has 0 amide bonds. The van der Waals surface area contributed by atoms with Gasteiger partial charge >= 0.3 is 0 Å². The zero-order chi connectivity index (χ0) is 14.5. The quantitative estimate of drug-likeness (QED) is 0.409. The molecule has 20 heavy (non-hydrogen) atoms. The molecule has 0 unspecified atom stereocenters. The Balaban J connectivity index is 2.17. The van der Waals surface area contributed by atoms with Crippen LogP contribution >= 0.6 is 0 Å². The number of fused-ring (bicyclic) bond motifs is 4. The van der Waals surface area contributed by atoms with E-state index in [1.54, 1.807) is 12.1 Å². The molecule has 0 atom stereocenters. The average molecular weight is 284 g/mol. The Morgan fingerprint density at radius 1 is 0.900 bits per heavy atom. The topological polar surface area (TPSA) is 0 Å². The Labute approximate surface area is 118 Å². The monoisotopic (exact) mass is 284 g/mol. The molecule has 0 saturated carbocycles. The Morgan fingerprint density at radius 3 is 2.30 bits per heavy atom. The lowest BCUT2D eigenvalue weighted by molar-refractivity contribution is 0.624. The SMILES string of the molecule is C[Si](C)(C)C#Cc1c(F)ccc2c1-c1ccc(F)cc1-2. The van der Waals surface area contributed by atoms with Crippen LogP contribution < -0.4 is 0 Å². The highest BCUT2D eigenvalue weighted by Gasteiger charge is 2.27. The molecule has 0 saturated heterocycles. The largest absolute Gasteiger partial charge is 0.207 e. The summed E-state index contributed by atoms with van der Waals surface area (Å²) < 4.78 is 27.3. The van der Waals surface area contributed by atoms with Gasteiger partial charge in [0.1, 0.15) is 19.7 Å². The first-order valence-corrected chi connectivity index (χ1v) is 10.0. The second-order valence-corrected chi connectivity index (χ2v) is 10.8. The Hall–Kier alpha value is -1.92. The first-order valence-electron chi connectivity index (χ1n) is 6.53. The van der Waals surface area contributed by atoms with Gasteiger partial charge in [-0.3, -0.25) is 0 Å². The third-order valence-corrected chi connectivity index (χ3v) is 4.13. The van der Waals surface area contributed by atoms with Crippen LogP contribution in [0.15, 0.2) is 30.3 Å². The summed E-state index contributed by atoms with van der Waals surface area (Å²) in [5.74, 6) is 2.44. The minimum atomic E-state index is -1.57. The standard InChI is InChI=1S/C17H14F2Si/c1-20(2,3)9-8-14-16(19)7-6-13-15-10-11(18)4-5-12(15)17(13)14/h4-7,10H,1-3H3. The molecule has 0 radical (unpaired) electrons. The number of hydrogen-bond donors (Lipinski definition) is 0. The normalized spacial score (nSPS) is 11.8. The molecule has 0 fully saturated rings. The highest BCUT2D eigenvalue weighted by atomic mass is 28.3. The van der Waals surface area contributed by atoms with Gasteiger partial charge in [-0.05, 0) is 34.9 Å². The Bertz CT molecular complexity index is 774. The van der Waals surface area contributed by atoms with E-state index < -0.39 is 8.07 Å². The summed E-state index contributed by atoms with van der Waals surface area (Å²) in [7, 11) is -1.57. The van der Waals surface area contributed by atoms with Gasteiger partial charge in [-0.1, -0.05) is 37.7 Å². The van der Waals surface area contributed by atoms with Gasteiger partial charge in [0, 0.05) is 5.56 Å². The number of rotatable bonds is 0. The van der Waals surface area contributed by atoms with Crippen molar-refractivity contribution in [1.82, 2.24) is 0 Å². The van der Waals surface area contributed by atoms with Crippen molar-refractivity contribution in [3.63, 3.8) is 0 Å². The highest BCUT2D eigenvalue weighted by molar-refractivity contribution is 6.83. The Morgan fingerprint density at radius 2 is 1.60 bits per heavy atom. The molecule has 0 spiro atoms. The third kappa shape index (κ3) is 2.06. The minimum absolute atomic E-state index is 0.270. The van der Waals surface area contributed by atoms with Gasteiger partial charge in [0.2, 0.25) is 0 Å². The molecule has 3 heteroatoms. The van der Waals surface area contributed by atoms with Crippen LogP contribution in [0.1, 0.15) is 5.56 Å². The molecule has 2 aromatic rings. The summed E-state index contributed by atoms with van der Waals surface area (Å²) in [5, 5.41) is 0. The first kappa shape index (κ1) is 13.1. The van der Waals surface area contributed by atoms with Crippen LogP contribution in [0, 0.1) is 23.1 Å². The van der Waals surface area contributed by atoms with Crippen LogP contribution in [0.25, 0.3) is 22.3 Å². The summed E-state index contributed by atoms with van der Waals surface area (Å²) in [6.45, 7) is 6.36. The van der Waals surface area contributed by atoms with Gasteiger partial charge in [0.15, 0.2) is 0 Å². The van der Waals surface area contributed by atoms with E-state index in [9.17, 15) is 8.78 Å². The minimum Gasteiger partial charge on any atom is -0.207 e. The zero-order valence-corrected chi connectivity index (χ0v) is 12.6. The molecule has 1 aliphatic rings. The molecule has 0 heterocycles. The van der Waals surface area contributed by atoms with Crippen LogP contribution in [-0.4, -0.2) is 8.07 Å². The van der Waals surface area contributed by atoms with Crippen molar-refractivity contribution in [2.75, 3.05) is 0 Å². The maximum absolute atomic E-state index is 14.1. The maximum atomic E-state index is 14.1. The second kappa shape index (κ2) is 4.29. The van der Waals surface area contributed by atoms with Crippen LogP contribution in [0.2, 0.25) is 19.6 Å². The van der Waals surface area contributed by atoms with E-state index in [2.05, 4.69) is 31.1 Å². The lowest BCUT2D eigenvalue weighted by Crippen LogP contribution is -2.16. The summed E-state index contributed by atoms with van der Waals surface area (Å²) in [4.78, 5) is 0. The average Bonchev–Trinajstić information content (AvgIpc) is 2.34.